The Morgan fingerprint density at radius 3 is 2.45 bits per heavy atom. The molecule has 0 amide bonds. The van der Waals surface area contributed by atoms with Crippen molar-refractivity contribution in [2.24, 2.45) is 0 Å². The molecule has 0 unspecified atom stereocenters. The highest BCUT2D eigenvalue weighted by molar-refractivity contribution is 6.01. The first-order valence-electron chi connectivity index (χ1n) is 12.4. The molecule has 1 aliphatic heterocycles. The number of ketones is 2. The van der Waals surface area contributed by atoms with Gasteiger partial charge in [-0.25, -0.2) is 4.39 Å². The highest BCUT2D eigenvalue weighted by Crippen LogP contribution is 2.38. The van der Waals surface area contributed by atoms with E-state index in [-0.39, 0.29) is 36.5 Å². The predicted octanol–water partition coefficient (Wildman–Crippen LogP) is 5.92. The number of carbonyl (C=O) groups excluding carboxylic acids is 2. The number of halogens is 1. The van der Waals surface area contributed by atoms with Gasteiger partial charge in [0.1, 0.15) is 23.1 Å². The molecule has 0 saturated carbocycles. The van der Waals surface area contributed by atoms with Gasteiger partial charge in [-0.05, 0) is 53.3 Å². The van der Waals surface area contributed by atoms with E-state index in [1.165, 1.54) is 17.7 Å². The van der Waals surface area contributed by atoms with E-state index in [0.717, 1.165) is 29.4 Å². The van der Waals surface area contributed by atoms with Gasteiger partial charge < -0.3 is 19.1 Å². The Bertz CT molecular complexity index is 1520. The Morgan fingerprint density at radius 1 is 0.868 bits per heavy atom. The molecule has 0 N–H and O–H groups in total. The van der Waals surface area contributed by atoms with Gasteiger partial charge in [0, 0.05) is 30.1 Å². The van der Waals surface area contributed by atoms with Crippen LogP contribution in [0.5, 0.6) is 23.0 Å². The van der Waals surface area contributed by atoms with Crippen molar-refractivity contribution in [2.45, 2.75) is 19.3 Å². The van der Waals surface area contributed by atoms with E-state index < -0.39 is 5.82 Å². The summed E-state index contributed by atoms with van der Waals surface area (Å²) in [6.07, 6.45) is 0.509. The summed E-state index contributed by atoms with van der Waals surface area (Å²) in [5.41, 5.74) is 2.48. The first kappa shape index (κ1) is 25.3. The molecule has 1 aliphatic rings. The van der Waals surface area contributed by atoms with E-state index >= 15 is 0 Å². The number of rotatable bonds is 10. The van der Waals surface area contributed by atoms with Gasteiger partial charge in [-0.1, -0.05) is 36.4 Å². The molecule has 1 heterocycles. The lowest BCUT2D eigenvalue weighted by atomic mass is 10.0. The van der Waals surface area contributed by atoms with Gasteiger partial charge in [0.05, 0.1) is 27.2 Å². The molecule has 0 spiro atoms. The van der Waals surface area contributed by atoms with Gasteiger partial charge in [0.15, 0.2) is 17.3 Å². The zero-order valence-electron chi connectivity index (χ0n) is 21.3. The maximum Gasteiger partial charge on any atom is 0.161 e. The van der Waals surface area contributed by atoms with Crippen LogP contribution in [0.15, 0.2) is 72.8 Å². The predicted molar refractivity (Wildman–Crippen MR) is 144 cm³/mol. The van der Waals surface area contributed by atoms with E-state index in [2.05, 4.69) is 6.07 Å². The number of fused-ring (bicyclic) bond motifs is 2. The minimum absolute atomic E-state index is 0.153. The van der Waals surface area contributed by atoms with Crippen molar-refractivity contribution in [1.82, 2.24) is 0 Å². The van der Waals surface area contributed by atoms with Crippen molar-refractivity contribution in [2.75, 3.05) is 32.2 Å². The molecular weight excluding hydrogens is 485 g/mol. The Kier molecular flexibility index (Phi) is 7.26. The van der Waals surface area contributed by atoms with Gasteiger partial charge in [-0.2, -0.15) is 0 Å². The van der Waals surface area contributed by atoms with E-state index in [1.807, 2.05) is 47.4 Å². The largest absolute Gasteiger partial charge is 0.493 e. The van der Waals surface area contributed by atoms with E-state index in [0.29, 0.717) is 23.0 Å². The monoisotopic (exact) mass is 513 g/mol. The smallest absolute Gasteiger partial charge is 0.161 e. The summed E-state index contributed by atoms with van der Waals surface area (Å²) < 4.78 is 31.7. The average molecular weight is 514 g/mol. The van der Waals surface area contributed by atoms with Crippen LogP contribution in [-0.2, 0) is 22.4 Å². The van der Waals surface area contributed by atoms with Crippen LogP contribution in [0.25, 0.3) is 10.8 Å². The van der Waals surface area contributed by atoms with Crippen LogP contribution in [0.1, 0.15) is 17.5 Å². The average Bonchev–Trinajstić information content (AvgIpc) is 3.32. The normalized spacial score (nSPS) is 12.3. The number of Topliss-reactive ketones (excluding diaryl/α,β-unsaturated/α-hetero) is 2. The summed E-state index contributed by atoms with van der Waals surface area (Å²) in [5.74, 6) is 0.933. The molecule has 5 rings (SSSR count). The lowest BCUT2D eigenvalue weighted by Gasteiger charge is -2.18. The van der Waals surface area contributed by atoms with Crippen molar-refractivity contribution >= 4 is 28.0 Å². The molecule has 0 aliphatic carbocycles. The molecule has 0 radical (unpaired) electrons. The molecular formula is C31H28FNO5. The highest BCUT2D eigenvalue weighted by Gasteiger charge is 2.22. The van der Waals surface area contributed by atoms with Gasteiger partial charge in [-0.3, -0.25) is 9.59 Å². The number of para-hydroxylation sites is 1. The van der Waals surface area contributed by atoms with Crippen LogP contribution >= 0.6 is 0 Å². The molecule has 4 aromatic carbocycles. The van der Waals surface area contributed by atoms with Crippen molar-refractivity contribution in [3.63, 3.8) is 0 Å². The second kappa shape index (κ2) is 10.9. The fraction of sp³-hybridized carbons (Fsp3) is 0.226. The summed E-state index contributed by atoms with van der Waals surface area (Å²) in [5, 5.41) is 1.66. The molecule has 0 fully saturated rings. The van der Waals surface area contributed by atoms with Crippen molar-refractivity contribution < 1.29 is 28.2 Å². The number of carbonyl (C=O) groups is 2. The lowest BCUT2D eigenvalue weighted by Crippen LogP contribution is -2.29. The van der Waals surface area contributed by atoms with Gasteiger partial charge in [-0.15, -0.1) is 0 Å². The molecule has 0 bridgehead atoms. The number of methoxy groups -OCH3 is 2. The Morgan fingerprint density at radius 2 is 1.66 bits per heavy atom. The Balaban J connectivity index is 1.23. The maximum absolute atomic E-state index is 14.9. The Hall–Kier alpha value is -4.39. The molecule has 4 aromatic rings. The number of nitrogens with zero attached hydrogens (tertiary/aromatic N) is 1. The quantitative estimate of drug-likeness (QED) is 0.245. The molecule has 194 valence electrons. The van der Waals surface area contributed by atoms with Crippen molar-refractivity contribution in [3.8, 4) is 23.0 Å². The van der Waals surface area contributed by atoms with Crippen LogP contribution in [0.3, 0.4) is 0 Å². The van der Waals surface area contributed by atoms with Crippen LogP contribution < -0.4 is 19.1 Å². The Labute approximate surface area is 220 Å². The van der Waals surface area contributed by atoms with Crippen molar-refractivity contribution in [1.29, 1.82) is 0 Å². The summed E-state index contributed by atoms with van der Waals surface area (Å²) in [4.78, 5) is 27.1. The number of hydrogen-bond acceptors (Lipinski definition) is 6. The SMILES string of the molecule is COc1cc2cccc(Oc3ccc(CC(=O)CC(=O)CN4CCc5ccccc54)c(F)c3)c2cc1OC. The second-order valence-electron chi connectivity index (χ2n) is 9.27. The molecule has 7 heteroatoms. The molecule has 6 nitrogen and oxygen atoms in total. The summed E-state index contributed by atoms with van der Waals surface area (Å²) >= 11 is 0. The summed E-state index contributed by atoms with van der Waals surface area (Å²) in [7, 11) is 3.13. The molecule has 0 aromatic heterocycles. The number of benzene rings is 4. The molecule has 0 saturated heterocycles. The van der Waals surface area contributed by atoms with Crippen LogP contribution in [0, 0.1) is 5.82 Å². The topological polar surface area (TPSA) is 65.1 Å². The zero-order chi connectivity index (χ0) is 26.6. The van der Waals surface area contributed by atoms with Crippen LogP contribution in [-0.4, -0.2) is 38.9 Å². The molecule has 38 heavy (non-hydrogen) atoms. The van der Waals surface area contributed by atoms with Crippen molar-refractivity contribution in [3.05, 3.63) is 89.7 Å². The molecule has 0 atom stereocenters. The summed E-state index contributed by atoms with van der Waals surface area (Å²) in [6, 6.07) is 21.6. The third kappa shape index (κ3) is 5.32. The van der Waals surface area contributed by atoms with Gasteiger partial charge in [0.2, 0.25) is 0 Å². The van der Waals surface area contributed by atoms with E-state index in [1.54, 1.807) is 26.4 Å². The third-order valence-corrected chi connectivity index (χ3v) is 6.73. The fourth-order valence-electron chi connectivity index (χ4n) is 4.86. The number of anilines is 1. The van der Waals surface area contributed by atoms with Crippen LogP contribution in [0.4, 0.5) is 10.1 Å². The fourth-order valence-corrected chi connectivity index (χ4v) is 4.86. The first-order chi connectivity index (χ1) is 18.4. The second-order valence-corrected chi connectivity index (χ2v) is 9.27. The number of ether oxygens (including phenoxy) is 3. The zero-order valence-corrected chi connectivity index (χ0v) is 21.3. The third-order valence-electron chi connectivity index (χ3n) is 6.73. The minimum Gasteiger partial charge on any atom is -0.493 e. The lowest BCUT2D eigenvalue weighted by molar-refractivity contribution is -0.125. The minimum atomic E-state index is -0.559. The maximum atomic E-state index is 14.9. The number of hydrogen-bond donors (Lipinski definition) is 0. The first-order valence-corrected chi connectivity index (χ1v) is 12.4. The van der Waals surface area contributed by atoms with Gasteiger partial charge >= 0.3 is 0 Å². The summed E-state index contributed by atoms with van der Waals surface area (Å²) in [6.45, 7) is 0.937. The van der Waals surface area contributed by atoms with E-state index in [4.69, 9.17) is 14.2 Å². The van der Waals surface area contributed by atoms with Crippen LogP contribution in [0.2, 0.25) is 0 Å². The standard InChI is InChI=1S/C31H28FNO5/c1-36-30-15-21-7-5-9-29(26(21)18-31(30)37-2)38-25-11-10-22(27(32)17-25)14-23(34)16-24(35)19-33-13-12-20-6-3-4-8-28(20)33/h3-11,15,17-18H,12-14,16,19H2,1-2H3. The van der Waals surface area contributed by atoms with E-state index in [9.17, 15) is 14.0 Å². The van der Waals surface area contributed by atoms with Gasteiger partial charge in [0.25, 0.3) is 0 Å². The highest BCUT2D eigenvalue weighted by atomic mass is 19.1.